The van der Waals surface area contributed by atoms with Gasteiger partial charge in [-0.15, -0.1) is 0 Å². The van der Waals surface area contributed by atoms with E-state index in [-0.39, 0.29) is 6.17 Å². The predicted octanol–water partition coefficient (Wildman–Crippen LogP) is 2.20. The molecule has 1 aromatic rings. The van der Waals surface area contributed by atoms with Crippen molar-refractivity contribution < 1.29 is 0 Å². The summed E-state index contributed by atoms with van der Waals surface area (Å²) < 4.78 is 0. The van der Waals surface area contributed by atoms with Gasteiger partial charge >= 0.3 is 0 Å². The van der Waals surface area contributed by atoms with Crippen molar-refractivity contribution in [3.05, 3.63) is 35.9 Å². The molecule has 0 bridgehead atoms. The SMILES string of the molecule is CCC(N)N(CC)Cc1ccccc1. The van der Waals surface area contributed by atoms with Gasteiger partial charge in [-0.05, 0) is 18.5 Å². The molecule has 0 fully saturated rings. The summed E-state index contributed by atoms with van der Waals surface area (Å²) in [5.74, 6) is 0. The molecule has 1 rings (SSSR count). The van der Waals surface area contributed by atoms with Gasteiger partial charge in [-0.25, -0.2) is 0 Å². The average Bonchev–Trinajstić information content (AvgIpc) is 2.26. The maximum Gasteiger partial charge on any atom is 0.0572 e. The number of rotatable bonds is 5. The normalized spacial score (nSPS) is 13.1. The zero-order valence-electron chi connectivity index (χ0n) is 9.11. The number of benzene rings is 1. The van der Waals surface area contributed by atoms with Gasteiger partial charge in [0.2, 0.25) is 0 Å². The molecule has 14 heavy (non-hydrogen) atoms. The van der Waals surface area contributed by atoms with Gasteiger partial charge in [0.15, 0.2) is 0 Å². The van der Waals surface area contributed by atoms with E-state index in [1.54, 1.807) is 0 Å². The average molecular weight is 192 g/mol. The van der Waals surface area contributed by atoms with E-state index in [1.165, 1.54) is 5.56 Å². The number of nitrogens with zero attached hydrogens (tertiary/aromatic N) is 1. The third kappa shape index (κ3) is 3.13. The molecule has 0 amide bonds. The van der Waals surface area contributed by atoms with Gasteiger partial charge in [0.1, 0.15) is 0 Å². The molecule has 1 aromatic carbocycles. The van der Waals surface area contributed by atoms with E-state index in [9.17, 15) is 0 Å². The summed E-state index contributed by atoms with van der Waals surface area (Å²) in [7, 11) is 0. The molecule has 0 saturated heterocycles. The third-order valence-electron chi connectivity index (χ3n) is 2.52. The van der Waals surface area contributed by atoms with Gasteiger partial charge in [0, 0.05) is 6.54 Å². The lowest BCUT2D eigenvalue weighted by atomic mass is 10.2. The molecule has 2 N–H and O–H groups in total. The van der Waals surface area contributed by atoms with E-state index < -0.39 is 0 Å². The first kappa shape index (κ1) is 11.2. The van der Waals surface area contributed by atoms with Gasteiger partial charge < -0.3 is 5.73 Å². The molecular formula is C12H20N2. The van der Waals surface area contributed by atoms with Gasteiger partial charge in [-0.2, -0.15) is 0 Å². The van der Waals surface area contributed by atoms with Crippen LogP contribution in [0.25, 0.3) is 0 Å². The molecule has 1 atom stereocenters. The van der Waals surface area contributed by atoms with Gasteiger partial charge in [-0.1, -0.05) is 44.2 Å². The topological polar surface area (TPSA) is 29.3 Å². The fraction of sp³-hybridized carbons (Fsp3) is 0.500. The van der Waals surface area contributed by atoms with Gasteiger partial charge in [0.25, 0.3) is 0 Å². The summed E-state index contributed by atoms with van der Waals surface area (Å²) in [5.41, 5.74) is 7.33. The Morgan fingerprint density at radius 2 is 1.86 bits per heavy atom. The van der Waals surface area contributed by atoms with Crippen LogP contribution in [0.5, 0.6) is 0 Å². The van der Waals surface area contributed by atoms with Crippen LogP contribution in [-0.2, 0) is 6.54 Å². The van der Waals surface area contributed by atoms with Crippen molar-refractivity contribution in [2.75, 3.05) is 6.54 Å². The van der Waals surface area contributed by atoms with Crippen LogP contribution in [0.3, 0.4) is 0 Å². The third-order valence-corrected chi connectivity index (χ3v) is 2.52. The van der Waals surface area contributed by atoms with E-state index in [4.69, 9.17) is 5.73 Å². The molecule has 1 unspecified atom stereocenters. The minimum atomic E-state index is 0.181. The quantitative estimate of drug-likeness (QED) is 0.725. The Morgan fingerprint density at radius 3 is 2.36 bits per heavy atom. The zero-order chi connectivity index (χ0) is 10.4. The van der Waals surface area contributed by atoms with Crippen molar-refractivity contribution in [3.63, 3.8) is 0 Å². The van der Waals surface area contributed by atoms with E-state index in [0.29, 0.717) is 0 Å². The second-order valence-corrected chi connectivity index (χ2v) is 3.52. The zero-order valence-corrected chi connectivity index (χ0v) is 9.11. The van der Waals surface area contributed by atoms with E-state index in [2.05, 4.69) is 43.0 Å². The second-order valence-electron chi connectivity index (χ2n) is 3.52. The smallest absolute Gasteiger partial charge is 0.0572 e. The number of nitrogens with two attached hydrogens (primary N) is 1. The van der Waals surface area contributed by atoms with Crippen LogP contribution in [0, 0.1) is 0 Å². The van der Waals surface area contributed by atoms with Crippen molar-refractivity contribution in [1.82, 2.24) is 4.90 Å². The molecule has 0 heterocycles. The highest BCUT2D eigenvalue weighted by atomic mass is 15.2. The fourth-order valence-corrected chi connectivity index (χ4v) is 1.54. The molecule has 78 valence electrons. The molecule has 0 aliphatic heterocycles. The minimum Gasteiger partial charge on any atom is -0.316 e. The van der Waals surface area contributed by atoms with Crippen LogP contribution in [0.15, 0.2) is 30.3 Å². The van der Waals surface area contributed by atoms with Crippen molar-refractivity contribution in [2.24, 2.45) is 5.73 Å². The van der Waals surface area contributed by atoms with E-state index in [0.717, 1.165) is 19.5 Å². The molecule has 0 radical (unpaired) electrons. The highest BCUT2D eigenvalue weighted by molar-refractivity contribution is 5.14. The summed E-state index contributed by atoms with van der Waals surface area (Å²) in [6.45, 7) is 6.23. The molecule has 0 saturated carbocycles. The van der Waals surface area contributed by atoms with Crippen LogP contribution < -0.4 is 5.73 Å². The van der Waals surface area contributed by atoms with Crippen LogP contribution in [0.2, 0.25) is 0 Å². The lowest BCUT2D eigenvalue weighted by molar-refractivity contribution is 0.196. The molecule has 0 spiro atoms. The monoisotopic (exact) mass is 192 g/mol. The van der Waals surface area contributed by atoms with E-state index in [1.807, 2.05) is 6.07 Å². The maximum absolute atomic E-state index is 6.00. The standard InChI is InChI=1S/C12H20N2/c1-3-12(13)14(4-2)10-11-8-6-5-7-9-11/h5-9,12H,3-4,10,13H2,1-2H3. The fourth-order valence-electron chi connectivity index (χ4n) is 1.54. The first-order chi connectivity index (χ1) is 6.77. The van der Waals surface area contributed by atoms with Crippen LogP contribution in [0.4, 0.5) is 0 Å². The Labute approximate surface area is 86.7 Å². The lowest BCUT2D eigenvalue weighted by Crippen LogP contribution is -2.40. The molecule has 0 aliphatic rings. The van der Waals surface area contributed by atoms with Crippen LogP contribution in [-0.4, -0.2) is 17.6 Å². The lowest BCUT2D eigenvalue weighted by Gasteiger charge is -2.26. The summed E-state index contributed by atoms with van der Waals surface area (Å²) in [4.78, 5) is 2.29. The Bertz CT molecular complexity index is 246. The highest BCUT2D eigenvalue weighted by Crippen LogP contribution is 2.06. The van der Waals surface area contributed by atoms with Crippen LogP contribution >= 0.6 is 0 Å². The van der Waals surface area contributed by atoms with Crippen molar-refractivity contribution in [1.29, 1.82) is 0 Å². The summed E-state index contributed by atoms with van der Waals surface area (Å²) in [6.07, 6.45) is 1.18. The Balaban J connectivity index is 2.57. The van der Waals surface area contributed by atoms with Gasteiger partial charge in [0.05, 0.1) is 6.17 Å². The second kappa shape index (κ2) is 5.78. The molecule has 2 heteroatoms. The summed E-state index contributed by atoms with van der Waals surface area (Å²) in [5, 5.41) is 0. The minimum absolute atomic E-state index is 0.181. The van der Waals surface area contributed by atoms with Crippen LogP contribution in [0.1, 0.15) is 25.8 Å². The number of hydrogen-bond donors (Lipinski definition) is 1. The number of hydrogen-bond acceptors (Lipinski definition) is 2. The molecular weight excluding hydrogens is 172 g/mol. The van der Waals surface area contributed by atoms with Crippen molar-refractivity contribution in [2.45, 2.75) is 33.0 Å². The van der Waals surface area contributed by atoms with Gasteiger partial charge in [-0.3, -0.25) is 4.90 Å². The Morgan fingerprint density at radius 1 is 1.21 bits per heavy atom. The molecule has 0 aromatic heterocycles. The van der Waals surface area contributed by atoms with Crippen molar-refractivity contribution >= 4 is 0 Å². The molecule has 2 nitrogen and oxygen atoms in total. The first-order valence-corrected chi connectivity index (χ1v) is 5.31. The Hall–Kier alpha value is -0.860. The predicted molar refractivity (Wildman–Crippen MR) is 60.8 cm³/mol. The Kier molecular flexibility index (Phi) is 4.63. The summed E-state index contributed by atoms with van der Waals surface area (Å²) in [6, 6.07) is 10.5. The maximum atomic E-state index is 6.00. The molecule has 0 aliphatic carbocycles. The van der Waals surface area contributed by atoms with Crippen molar-refractivity contribution in [3.8, 4) is 0 Å². The van der Waals surface area contributed by atoms with E-state index >= 15 is 0 Å². The summed E-state index contributed by atoms with van der Waals surface area (Å²) >= 11 is 0. The highest BCUT2D eigenvalue weighted by Gasteiger charge is 2.09. The largest absolute Gasteiger partial charge is 0.316 e. The first-order valence-electron chi connectivity index (χ1n) is 5.31.